The van der Waals surface area contributed by atoms with Gasteiger partial charge in [-0.05, 0) is 42.7 Å². The van der Waals surface area contributed by atoms with E-state index in [0.29, 0.717) is 22.2 Å². The van der Waals surface area contributed by atoms with E-state index in [1.165, 1.54) is 6.07 Å². The molecule has 5 nitrogen and oxygen atoms in total. The Morgan fingerprint density at radius 2 is 1.93 bits per heavy atom. The molecule has 2 N–H and O–H groups in total. The quantitative estimate of drug-likeness (QED) is 0.545. The number of hydrogen-bond acceptors (Lipinski definition) is 3. The molecule has 0 unspecified atom stereocenters. The molecular weight excluding hydrogens is 387 g/mol. The summed E-state index contributed by atoms with van der Waals surface area (Å²) in [4.78, 5) is 26.9. The van der Waals surface area contributed by atoms with Gasteiger partial charge in [-0.15, -0.1) is 0 Å². The van der Waals surface area contributed by atoms with Gasteiger partial charge in [-0.2, -0.15) is 0 Å². The van der Waals surface area contributed by atoms with Crippen molar-refractivity contribution in [1.29, 1.82) is 0 Å². The number of benzene rings is 2. The molecule has 0 aliphatic rings. The van der Waals surface area contributed by atoms with E-state index in [-0.39, 0.29) is 13.0 Å². The second-order valence-corrected chi connectivity index (χ2v) is 6.89. The Morgan fingerprint density at radius 3 is 2.74 bits per heavy atom. The molecule has 0 saturated heterocycles. The van der Waals surface area contributed by atoms with Crippen molar-refractivity contribution < 1.29 is 14.3 Å². The Balaban J connectivity index is 1.41. The van der Waals surface area contributed by atoms with Crippen LogP contribution in [0.3, 0.4) is 0 Å². The molecule has 3 rings (SSSR count). The minimum absolute atomic E-state index is 0.245. The SMILES string of the molecule is O=C(COC(=O)CCCc1c[nH]c2ccccc12)Nc1ccc(Cl)cc1Cl. The molecule has 0 atom stereocenters. The molecule has 1 aromatic heterocycles. The molecule has 0 saturated carbocycles. The molecule has 3 aromatic rings. The fourth-order valence-electron chi connectivity index (χ4n) is 2.76. The van der Waals surface area contributed by atoms with Gasteiger partial charge in [0.15, 0.2) is 6.61 Å². The second kappa shape index (κ2) is 8.93. The summed E-state index contributed by atoms with van der Waals surface area (Å²) in [5.74, 6) is -0.864. The Morgan fingerprint density at radius 1 is 1.11 bits per heavy atom. The highest BCUT2D eigenvalue weighted by atomic mass is 35.5. The number of esters is 1. The smallest absolute Gasteiger partial charge is 0.306 e. The molecule has 27 heavy (non-hydrogen) atoms. The third-order valence-corrected chi connectivity index (χ3v) is 4.62. The molecule has 0 aliphatic carbocycles. The average Bonchev–Trinajstić information content (AvgIpc) is 3.06. The number of hydrogen-bond donors (Lipinski definition) is 2. The zero-order chi connectivity index (χ0) is 19.2. The van der Waals surface area contributed by atoms with Crippen molar-refractivity contribution in [2.24, 2.45) is 0 Å². The first kappa shape index (κ1) is 19.3. The van der Waals surface area contributed by atoms with Gasteiger partial charge in [0.25, 0.3) is 5.91 Å². The standard InChI is InChI=1S/C20H18Cl2N2O3/c21-14-8-9-18(16(22)10-14)24-19(25)12-27-20(26)7-3-4-13-11-23-17-6-2-1-5-15(13)17/h1-2,5-6,8-11,23H,3-4,7,12H2,(H,24,25). The van der Waals surface area contributed by atoms with Crippen LogP contribution in [0.1, 0.15) is 18.4 Å². The first-order valence-corrected chi connectivity index (χ1v) is 9.24. The summed E-state index contributed by atoms with van der Waals surface area (Å²) in [7, 11) is 0. The van der Waals surface area contributed by atoms with E-state index in [9.17, 15) is 9.59 Å². The van der Waals surface area contributed by atoms with Crippen LogP contribution in [0.25, 0.3) is 10.9 Å². The number of halogens is 2. The van der Waals surface area contributed by atoms with E-state index in [0.717, 1.165) is 22.9 Å². The number of aromatic amines is 1. The third kappa shape index (κ3) is 5.25. The van der Waals surface area contributed by atoms with Gasteiger partial charge in [0.05, 0.1) is 10.7 Å². The van der Waals surface area contributed by atoms with Crippen molar-refractivity contribution in [2.75, 3.05) is 11.9 Å². The number of para-hydroxylation sites is 1. The van der Waals surface area contributed by atoms with Crippen molar-refractivity contribution >= 4 is 51.7 Å². The average molecular weight is 405 g/mol. The lowest BCUT2D eigenvalue weighted by Gasteiger charge is -2.08. The number of anilines is 1. The molecule has 1 heterocycles. The first-order chi connectivity index (χ1) is 13.0. The van der Waals surface area contributed by atoms with Crippen LogP contribution >= 0.6 is 23.2 Å². The molecule has 7 heteroatoms. The van der Waals surface area contributed by atoms with E-state index < -0.39 is 11.9 Å². The van der Waals surface area contributed by atoms with Crippen LogP contribution in [0, 0.1) is 0 Å². The number of carbonyl (C=O) groups is 2. The minimum Gasteiger partial charge on any atom is -0.456 e. The number of aromatic nitrogens is 1. The van der Waals surface area contributed by atoms with Crippen molar-refractivity contribution in [3.8, 4) is 0 Å². The van der Waals surface area contributed by atoms with Crippen molar-refractivity contribution in [1.82, 2.24) is 4.98 Å². The van der Waals surface area contributed by atoms with Gasteiger partial charge in [-0.1, -0.05) is 41.4 Å². The molecule has 0 spiro atoms. The van der Waals surface area contributed by atoms with E-state index >= 15 is 0 Å². The zero-order valence-corrected chi connectivity index (χ0v) is 15.9. The lowest BCUT2D eigenvalue weighted by atomic mass is 10.1. The fraction of sp³-hybridized carbons (Fsp3) is 0.200. The zero-order valence-electron chi connectivity index (χ0n) is 14.4. The number of ether oxygens (including phenoxy) is 1. The number of carbonyl (C=O) groups excluding carboxylic acids is 2. The summed E-state index contributed by atoms with van der Waals surface area (Å²) in [6.45, 7) is -0.356. The first-order valence-electron chi connectivity index (χ1n) is 8.48. The normalized spacial score (nSPS) is 10.7. The Hall–Kier alpha value is -2.50. The third-order valence-electron chi connectivity index (χ3n) is 4.07. The van der Waals surface area contributed by atoms with E-state index in [4.69, 9.17) is 27.9 Å². The molecule has 140 valence electrons. The van der Waals surface area contributed by atoms with Crippen LogP contribution < -0.4 is 5.32 Å². The fourth-order valence-corrected chi connectivity index (χ4v) is 3.21. The van der Waals surface area contributed by atoms with Crippen LogP contribution in [0.4, 0.5) is 5.69 Å². The van der Waals surface area contributed by atoms with Gasteiger partial charge in [0, 0.05) is 28.5 Å². The van der Waals surface area contributed by atoms with Crippen LogP contribution in [0.2, 0.25) is 10.0 Å². The maximum absolute atomic E-state index is 11.9. The number of amides is 1. The molecule has 0 aliphatic heterocycles. The highest BCUT2D eigenvalue weighted by Gasteiger charge is 2.11. The van der Waals surface area contributed by atoms with E-state index in [1.807, 2.05) is 30.5 Å². The van der Waals surface area contributed by atoms with E-state index in [1.54, 1.807) is 12.1 Å². The maximum Gasteiger partial charge on any atom is 0.306 e. The Bertz CT molecular complexity index is 969. The van der Waals surface area contributed by atoms with Gasteiger partial charge in [0.2, 0.25) is 0 Å². The minimum atomic E-state index is -0.454. The molecule has 0 radical (unpaired) electrons. The highest BCUT2D eigenvalue weighted by molar-refractivity contribution is 6.36. The lowest BCUT2D eigenvalue weighted by Crippen LogP contribution is -2.21. The van der Waals surface area contributed by atoms with Gasteiger partial charge >= 0.3 is 5.97 Å². The van der Waals surface area contributed by atoms with Crippen LogP contribution in [-0.4, -0.2) is 23.5 Å². The van der Waals surface area contributed by atoms with Crippen molar-refractivity contribution in [2.45, 2.75) is 19.3 Å². The van der Waals surface area contributed by atoms with Gasteiger partial charge in [-0.25, -0.2) is 0 Å². The second-order valence-electron chi connectivity index (χ2n) is 6.05. The predicted octanol–water partition coefficient (Wildman–Crippen LogP) is 4.98. The van der Waals surface area contributed by atoms with Crippen LogP contribution in [0.5, 0.6) is 0 Å². The number of fused-ring (bicyclic) bond motifs is 1. The molecule has 0 bridgehead atoms. The van der Waals surface area contributed by atoms with E-state index in [2.05, 4.69) is 10.3 Å². The van der Waals surface area contributed by atoms with Gasteiger partial charge in [-0.3, -0.25) is 9.59 Å². The predicted molar refractivity (Wildman–Crippen MR) is 107 cm³/mol. The summed E-state index contributed by atoms with van der Waals surface area (Å²) >= 11 is 11.8. The summed E-state index contributed by atoms with van der Waals surface area (Å²) in [6.07, 6.45) is 3.60. The molecule has 1 amide bonds. The van der Waals surface area contributed by atoms with Crippen molar-refractivity contribution in [3.05, 3.63) is 64.3 Å². The van der Waals surface area contributed by atoms with Gasteiger partial charge < -0.3 is 15.0 Å². The Labute approximate surface area is 166 Å². The summed E-state index contributed by atoms with van der Waals surface area (Å²) in [6, 6.07) is 12.7. The highest BCUT2D eigenvalue weighted by Crippen LogP contribution is 2.25. The lowest BCUT2D eigenvalue weighted by molar-refractivity contribution is -0.147. The van der Waals surface area contributed by atoms with Crippen LogP contribution in [-0.2, 0) is 20.7 Å². The Kier molecular flexibility index (Phi) is 6.37. The summed E-state index contributed by atoms with van der Waals surface area (Å²) < 4.78 is 5.02. The molecule has 0 fully saturated rings. The maximum atomic E-state index is 11.9. The van der Waals surface area contributed by atoms with Crippen LogP contribution in [0.15, 0.2) is 48.7 Å². The number of H-pyrrole nitrogens is 1. The monoisotopic (exact) mass is 404 g/mol. The summed E-state index contributed by atoms with van der Waals surface area (Å²) in [5.41, 5.74) is 2.66. The topological polar surface area (TPSA) is 71.2 Å². The largest absolute Gasteiger partial charge is 0.456 e. The number of nitrogens with one attached hydrogen (secondary N) is 2. The number of rotatable bonds is 7. The molecular formula is C20H18Cl2N2O3. The summed E-state index contributed by atoms with van der Waals surface area (Å²) in [5, 5.41) is 4.53. The number of aryl methyl sites for hydroxylation is 1. The molecule has 2 aromatic carbocycles. The van der Waals surface area contributed by atoms with Crippen molar-refractivity contribution in [3.63, 3.8) is 0 Å². The van der Waals surface area contributed by atoms with Gasteiger partial charge in [0.1, 0.15) is 0 Å².